The molecule has 0 fully saturated rings. The number of hydrogen-bond donors (Lipinski definition) is 1. The monoisotopic (exact) mass is 275 g/mol. The first-order chi connectivity index (χ1) is 9.41. The molecule has 0 aliphatic rings. The normalized spacial score (nSPS) is 10.9. The van der Waals surface area contributed by atoms with Gasteiger partial charge in [-0.25, -0.2) is 0 Å². The molecule has 0 aromatic heterocycles. The molecule has 20 heavy (non-hydrogen) atoms. The molecule has 2 N–H and O–H groups in total. The number of rotatable bonds is 15. The zero-order chi connectivity index (χ0) is 14.0. The van der Waals surface area contributed by atoms with Crippen molar-refractivity contribution in [1.82, 2.24) is 0 Å². The van der Waals surface area contributed by atoms with Crippen molar-refractivity contribution >= 4 is 18.9 Å². The van der Waals surface area contributed by atoms with Gasteiger partial charge in [-0.15, -0.1) is 0 Å². The molecule has 0 unspecified atom stereocenters. The van der Waals surface area contributed by atoms with Crippen LogP contribution in [0.3, 0.4) is 0 Å². The van der Waals surface area contributed by atoms with Gasteiger partial charge in [0.15, 0.2) is 0 Å². The first-order valence-corrected chi connectivity index (χ1v) is 8.77. The van der Waals surface area contributed by atoms with E-state index in [0.29, 0.717) is 0 Å². The van der Waals surface area contributed by atoms with E-state index in [4.69, 9.17) is 5.73 Å². The second-order valence-corrected chi connectivity index (χ2v) is 5.73. The third-order valence-corrected chi connectivity index (χ3v) is 3.72. The van der Waals surface area contributed by atoms with Gasteiger partial charge in [0.2, 0.25) is 0 Å². The summed E-state index contributed by atoms with van der Waals surface area (Å²) in [5.74, 6) is 0. The Hall–Kier alpha value is 0.297. The molecule has 0 saturated carbocycles. The second kappa shape index (κ2) is 21.6. The Kier molecular flexibility index (Phi) is 24.4. The summed E-state index contributed by atoms with van der Waals surface area (Å²) in [6, 6.07) is 0. The molecule has 0 amide bonds. The van der Waals surface area contributed by atoms with Gasteiger partial charge in [0, 0.05) is 0 Å². The molecule has 0 aromatic carbocycles. The third-order valence-electron chi connectivity index (χ3n) is 3.72. The van der Waals surface area contributed by atoms with Crippen molar-refractivity contribution in [3.63, 3.8) is 0 Å². The van der Waals surface area contributed by atoms with Gasteiger partial charge >= 0.3 is 18.9 Å². The van der Waals surface area contributed by atoms with Crippen molar-refractivity contribution in [1.29, 1.82) is 0 Å². The van der Waals surface area contributed by atoms with Gasteiger partial charge in [0.1, 0.15) is 0 Å². The average Bonchev–Trinajstić information content (AvgIpc) is 2.43. The molecule has 0 bridgehead atoms. The number of allylic oxidation sites excluding steroid dienone is 2. The molecule has 0 radical (unpaired) electrons. The minimum atomic E-state index is 0. The Morgan fingerprint density at radius 2 is 1.00 bits per heavy atom. The minimum absolute atomic E-state index is 0. The average molecular weight is 275 g/mol. The molecular formula is C18H38LiN. The van der Waals surface area contributed by atoms with Gasteiger partial charge < -0.3 is 5.73 Å². The summed E-state index contributed by atoms with van der Waals surface area (Å²) >= 11 is 0. The van der Waals surface area contributed by atoms with E-state index in [-0.39, 0.29) is 18.9 Å². The molecule has 1 nitrogen and oxygen atoms in total. The van der Waals surface area contributed by atoms with E-state index in [1.54, 1.807) is 0 Å². The van der Waals surface area contributed by atoms with Gasteiger partial charge in [-0.3, -0.25) is 0 Å². The summed E-state index contributed by atoms with van der Waals surface area (Å²) < 4.78 is 0. The van der Waals surface area contributed by atoms with Crippen LogP contribution in [0.15, 0.2) is 12.2 Å². The van der Waals surface area contributed by atoms with Crippen molar-refractivity contribution in [2.75, 3.05) is 6.54 Å². The van der Waals surface area contributed by atoms with E-state index in [1.807, 2.05) is 0 Å². The fourth-order valence-corrected chi connectivity index (χ4v) is 2.39. The maximum atomic E-state index is 5.47. The fourth-order valence-electron chi connectivity index (χ4n) is 2.39. The molecular weight excluding hydrogens is 237 g/mol. The Morgan fingerprint density at radius 1 is 0.600 bits per heavy atom. The molecule has 0 saturated heterocycles. The summed E-state index contributed by atoms with van der Waals surface area (Å²) in [6.07, 6.45) is 23.9. The Labute approximate surface area is 140 Å². The molecule has 0 rings (SSSR count). The summed E-state index contributed by atoms with van der Waals surface area (Å²) in [6.45, 7) is 3.14. The molecule has 0 atom stereocenters. The molecule has 116 valence electrons. The van der Waals surface area contributed by atoms with Crippen LogP contribution in [0.2, 0.25) is 0 Å². The standard InChI is InChI=1S/C18H37N.Li.H/c1-2-3-4-5-6-7-8-9-10-11-12-13-14-15-16-17-18-19;;/h9-10H,2-8,11-19H2,1H3;;/b10-9-;;. The van der Waals surface area contributed by atoms with Crippen LogP contribution in [-0.4, -0.2) is 25.4 Å². The van der Waals surface area contributed by atoms with E-state index in [2.05, 4.69) is 19.1 Å². The summed E-state index contributed by atoms with van der Waals surface area (Å²) in [5, 5.41) is 0. The van der Waals surface area contributed by atoms with Crippen LogP contribution in [0, 0.1) is 0 Å². The van der Waals surface area contributed by atoms with E-state index in [1.165, 1.54) is 89.9 Å². The third kappa shape index (κ3) is 20.6. The predicted octanol–water partition coefficient (Wildman–Crippen LogP) is 5.33. The number of nitrogens with two attached hydrogens (primary N) is 1. The Balaban J connectivity index is 0. The van der Waals surface area contributed by atoms with Crippen LogP contribution in [0.25, 0.3) is 0 Å². The second-order valence-electron chi connectivity index (χ2n) is 5.73. The Bertz CT molecular complexity index is 180. The fraction of sp³-hybridized carbons (Fsp3) is 0.889. The van der Waals surface area contributed by atoms with Gasteiger partial charge in [-0.2, -0.15) is 0 Å². The molecule has 0 aliphatic carbocycles. The van der Waals surface area contributed by atoms with Crippen LogP contribution in [-0.2, 0) is 0 Å². The zero-order valence-corrected chi connectivity index (χ0v) is 13.3. The van der Waals surface area contributed by atoms with E-state index in [0.717, 1.165) is 6.54 Å². The molecule has 0 aromatic rings. The van der Waals surface area contributed by atoms with Crippen LogP contribution in [0.5, 0.6) is 0 Å². The molecule has 2 heteroatoms. The van der Waals surface area contributed by atoms with Crippen LogP contribution in [0.4, 0.5) is 0 Å². The number of hydrogen-bond acceptors (Lipinski definition) is 1. The van der Waals surface area contributed by atoms with Crippen LogP contribution < -0.4 is 5.73 Å². The molecule has 0 aliphatic heterocycles. The topological polar surface area (TPSA) is 26.0 Å². The quantitative estimate of drug-likeness (QED) is 0.244. The van der Waals surface area contributed by atoms with Gasteiger partial charge in [-0.1, -0.05) is 76.9 Å². The Morgan fingerprint density at radius 3 is 1.45 bits per heavy atom. The molecule has 0 spiro atoms. The van der Waals surface area contributed by atoms with Crippen molar-refractivity contribution < 1.29 is 0 Å². The van der Waals surface area contributed by atoms with Gasteiger partial charge in [0.05, 0.1) is 0 Å². The van der Waals surface area contributed by atoms with Crippen molar-refractivity contribution in [3.05, 3.63) is 12.2 Å². The number of unbranched alkanes of at least 4 members (excludes halogenated alkanes) is 12. The first-order valence-electron chi connectivity index (χ1n) is 8.77. The maximum absolute atomic E-state index is 5.47. The van der Waals surface area contributed by atoms with Gasteiger partial charge in [-0.05, 0) is 38.6 Å². The van der Waals surface area contributed by atoms with Crippen molar-refractivity contribution in [2.24, 2.45) is 5.73 Å². The van der Waals surface area contributed by atoms with E-state index < -0.39 is 0 Å². The summed E-state index contributed by atoms with van der Waals surface area (Å²) in [5.41, 5.74) is 5.47. The van der Waals surface area contributed by atoms with Crippen molar-refractivity contribution in [3.8, 4) is 0 Å². The van der Waals surface area contributed by atoms with Crippen LogP contribution in [0.1, 0.15) is 96.8 Å². The summed E-state index contributed by atoms with van der Waals surface area (Å²) in [4.78, 5) is 0. The molecule has 0 heterocycles. The van der Waals surface area contributed by atoms with Crippen LogP contribution >= 0.6 is 0 Å². The van der Waals surface area contributed by atoms with Gasteiger partial charge in [0.25, 0.3) is 0 Å². The van der Waals surface area contributed by atoms with E-state index in [9.17, 15) is 0 Å². The van der Waals surface area contributed by atoms with E-state index >= 15 is 0 Å². The predicted molar refractivity (Wildman–Crippen MR) is 95.7 cm³/mol. The first kappa shape index (κ1) is 22.6. The van der Waals surface area contributed by atoms with Crippen molar-refractivity contribution in [2.45, 2.75) is 96.8 Å². The summed E-state index contributed by atoms with van der Waals surface area (Å²) in [7, 11) is 0. The SMILES string of the molecule is CCCCCCCC/C=C\CCCCCCCCN.[LiH]. The zero-order valence-electron chi connectivity index (χ0n) is 13.3.